The molecule has 0 bridgehead atoms. The average molecular weight is 334 g/mol. The first-order valence-corrected chi connectivity index (χ1v) is 7.15. The highest BCUT2D eigenvalue weighted by Crippen LogP contribution is 2.20. The predicted molar refractivity (Wildman–Crippen MR) is 82.9 cm³/mol. The van der Waals surface area contributed by atoms with Crippen LogP contribution in [0.1, 0.15) is 11.3 Å². The number of pyridine rings is 1. The van der Waals surface area contributed by atoms with E-state index in [1.54, 1.807) is 0 Å². The van der Waals surface area contributed by atoms with Crippen molar-refractivity contribution >= 4 is 39.3 Å². The van der Waals surface area contributed by atoms with Gasteiger partial charge < -0.3 is 4.98 Å². The molecule has 0 spiro atoms. The highest BCUT2D eigenvalue weighted by molar-refractivity contribution is 9.10. The molecule has 0 atom stereocenters. The zero-order valence-electron chi connectivity index (χ0n) is 10.4. The van der Waals surface area contributed by atoms with E-state index < -0.39 is 0 Å². The van der Waals surface area contributed by atoms with Crippen molar-refractivity contribution in [3.05, 3.63) is 56.9 Å². The van der Waals surface area contributed by atoms with Crippen LogP contribution in [0.4, 0.5) is 0 Å². The van der Waals surface area contributed by atoms with Crippen LogP contribution in [0.3, 0.4) is 0 Å². The van der Waals surface area contributed by atoms with E-state index in [-0.39, 0.29) is 0 Å². The van der Waals surface area contributed by atoms with E-state index >= 15 is 0 Å². The second-order valence-corrected chi connectivity index (χ2v) is 5.67. The van der Waals surface area contributed by atoms with Crippen molar-refractivity contribution in [2.24, 2.45) is 0 Å². The fourth-order valence-corrected chi connectivity index (χ4v) is 2.74. The molecule has 0 aliphatic heterocycles. The Balaban J connectivity index is 2.15. The lowest BCUT2D eigenvalue weighted by molar-refractivity contribution is 0.796. The fourth-order valence-electron chi connectivity index (χ4n) is 2.07. The van der Waals surface area contributed by atoms with Gasteiger partial charge >= 0.3 is 0 Å². The third-order valence-electron chi connectivity index (χ3n) is 3.04. The van der Waals surface area contributed by atoms with Gasteiger partial charge in [-0.2, -0.15) is 0 Å². The lowest BCUT2D eigenvalue weighted by Gasteiger charge is -2.06. The van der Waals surface area contributed by atoms with Crippen molar-refractivity contribution < 1.29 is 0 Å². The minimum atomic E-state index is 0.698. The van der Waals surface area contributed by atoms with E-state index in [2.05, 4.69) is 32.0 Å². The van der Waals surface area contributed by atoms with Gasteiger partial charge in [-0.3, -0.25) is 4.57 Å². The van der Waals surface area contributed by atoms with Crippen LogP contribution in [-0.4, -0.2) is 14.5 Å². The van der Waals surface area contributed by atoms with E-state index in [0.29, 0.717) is 11.3 Å². The van der Waals surface area contributed by atoms with Crippen molar-refractivity contribution in [1.82, 2.24) is 14.5 Å². The Hall–Kier alpha value is -1.46. The van der Waals surface area contributed by atoms with Crippen LogP contribution in [0.25, 0.3) is 11.2 Å². The molecule has 2 heterocycles. The van der Waals surface area contributed by atoms with Crippen LogP contribution in [0.5, 0.6) is 0 Å². The minimum absolute atomic E-state index is 0.698. The molecule has 5 heteroatoms. The lowest BCUT2D eigenvalue weighted by atomic mass is 10.2. The molecule has 0 aliphatic rings. The fraction of sp³-hybridized carbons (Fsp3) is 0.143. The molecule has 0 unspecified atom stereocenters. The molecular formula is C14H12BrN3S. The van der Waals surface area contributed by atoms with Gasteiger partial charge in [-0.15, -0.1) is 0 Å². The molecule has 0 radical (unpaired) electrons. The Morgan fingerprint density at radius 1 is 1.26 bits per heavy atom. The third-order valence-corrected chi connectivity index (χ3v) is 4.14. The van der Waals surface area contributed by atoms with Crippen molar-refractivity contribution in [1.29, 1.82) is 0 Å². The lowest BCUT2D eigenvalue weighted by Crippen LogP contribution is -2.01. The second kappa shape index (κ2) is 4.90. The van der Waals surface area contributed by atoms with Gasteiger partial charge in [-0.25, -0.2) is 4.98 Å². The summed E-state index contributed by atoms with van der Waals surface area (Å²) in [6, 6.07) is 12.1. The highest BCUT2D eigenvalue weighted by Gasteiger charge is 2.08. The molecule has 0 saturated carbocycles. The first-order valence-electron chi connectivity index (χ1n) is 5.95. The smallest absolute Gasteiger partial charge is 0.179 e. The molecule has 1 aromatic carbocycles. The first-order chi connectivity index (χ1) is 9.15. The first kappa shape index (κ1) is 12.6. The SMILES string of the molecule is Cc1ccc2[nH]c(=S)n(Cc3ccccc3Br)c2n1. The number of imidazole rings is 1. The summed E-state index contributed by atoms with van der Waals surface area (Å²) in [6.07, 6.45) is 0. The predicted octanol–water partition coefficient (Wildman–Crippen LogP) is 4.21. The summed E-state index contributed by atoms with van der Waals surface area (Å²) in [7, 11) is 0. The van der Waals surface area contributed by atoms with Crippen LogP contribution in [-0.2, 0) is 6.54 Å². The average Bonchev–Trinajstić information content (AvgIpc) is 2.69. The maximum Gasteiger partial charge on any atom is 0.179 e. The summed E-state index contributed by atoms with van der Waals surface area (Å²) < 4.78 is 3.81. The number of nitrogens with zero attached hydrogens (tertiary/aromatic N) is 2. The van der Waals surface area contributed by atoms with E-state index in [1.165, 1.54) is 5.56 Å². The van der Waals surface area contributed by atoms with Crippen molar-refractivity contribution in [2.45, 2.75) is 13.5 Å². The van der Waals surface area contributed by atoms with E-state index in [0.717, 1.165) is 21.3 Å². The number of H-pyrrole nitrogens is 1. The molecule has 2 aromatic heterocycles. The molecule has 1 N–H and O–H groups in total. The zero-order chi connectivity index (χ0) is 13.4. The Kier molecular flexibility index (Phi) is 3.24. The molecule has 3 aromatic rings. The van der Waals surface area contributed by atoms with Gasteiger partial charge in [0.15, 0.2) is 10.4 Å². The number of hydrogen-bond donors (Lipinski definition) is 1. The zero-order valence-corrected chi connectivity index (χ0v) is 12.8. The van der Waals surface area contributed by atoms with Crippen LogP contribution >= 0.6 is 28.1 Å². The van der Waals surface area contributed by atoms with E-state index in [1.807, 2.05) is 41.8 Å². The minimum Gasteiger partial charge on any atom is -0.329 e. The molecule has 96 valence electrons. The number of fused-ring (bicyclic) bond motifs is 1. The molecule has 3 nitrogen and oxygen atoms in total. The number of nitrogens with one attached hydrogen (secondary N) is 1. The number of benzene rings is 1. The third kappa shape index (κ3) is 2.35. The molecule has 3 rings (SSSR count). The number of aromatic amines is 1. The van der Waals surface area contributed by atoms with Gasteiger partial charge in [-0.05, 0) is 42.9 Å². The van der Waals surface area contributed by atoms with Gasteiger partial charge in [0.25, 0.3) is 0 Å². The largest absolute Gasteiger partial charge is 0.329 e. The van der Waals surface area contributed by atoms with Crippen LogP contribution in [0.2, 0.25) is 0 Å². The van der Waals surface area contributed by atoms with Gasteiger partial charge in [0.1, 0.15) is 0 Å². The Morgan fingerprint density at radius 2 is 2.05 bits per heavy atom. The van der Waals surface area contributed by atoms with Gasteiger partial charge in [0.05, 0.1) is 12.1 Å². The topological polar surface area (TPSA) is 33.6 Å². The number of hydrogen-bond acceptors (Lipinski definition) is 2. The molecule has 0 saturated heterocycles. The van der Waals surface area contributed by atoms with Gasteiger partial charge in [0.2, 0.25) is 0 Å². The quantitative estimate of drug-likeness (QED) is 0.712. The summed E-state index contributed by atoms with van der Waals surface area (Å²) in [6.45, 7) is 2.69. The Bertz CT molecular complexity index is 804. The summed E-state index contributed by atoms with van der Waals surface area (Å²) >= 11 is 8.96. The molecule has 0 amide bonds. The van der Waals surface area contributed by atoms with Crippen molar-refractivity contribution in [3.8, 4) is 0 Å². The maximum absolute atomic E-state index is 5.39. The van der Waals surface area contributed by atoms with Crippen LogP contribution in [0, 0.1) is 11.7 Å². The van der Waals surface area contributed by atoms with Crippen molar-refractivity contribution in [2.75, 3.05) is 0 Å². The normalized spacial score (nSPS) is 11.1. The molecular weight excluding hydrogens is 322 g/mol. The Labute approximate surface area is 124 Å². The summed E-state index contributed by atoms with van der Waals surface area (Å²) in [5.41, 5.74) is 4.05. The summed E-state index contributed by atoms with van der Waals surface area (Å²) in [5.74, 6) is 0. The number of halogens is 1. The standard InChI is InChI=1S/C14H12BrN3S/c1-9-6-7-12-13(16-9)18(14(19)17-12)8-10-4-2-3-5-11(10)15/h2-7H,8H2,1H3,(H,17,19). The molecule has 19 heavy (non-hydrogen) atoms. The Morgan fingerprint density at radius 3 is 2.84 bits per heavy atom. The number of aromatic nitrogens is 3. The van der Waals surface area contributed by atoms with Crippen LogP contribution in [0.15, 0.2) is 40.9 Å². The highest BCUT2D eigenvalue weighted by atomic mass is 79.9. The second-order valence-electron chi connectivity index (χ2n) is 4.43. The van der Waals surface area contributed by atoms with Gasteiger partial charge in [-0.1, -0.05) is 34.1 Å². The maximum atomic E-state index is 5.39. The van der Waals surface area contributed by atoms with E-state index in [9.17, 15) is 0 Å². The van der Waals surface area contributed by atoms with Crippen molar-refractivity contribution in [3.63, 3.8) is 0 Å². The molecule has 0 aliphatic carbocycles. The number of rotatable bonds is 2. The number of aryl methyl sites for hydroxylation is 1. The van der Waals surface area contributed by atoms with E-state index in [4.69, 9.17) is 12.2 Å². The summed E-state index contributed by atoms with van der Waals surface area (Å²) in [4.78, 5) is 7.77. The van der Waals surface area contributed by atoms with Crippen LogP contribution < -0.4 is 0 Å². The summed E-state index contributed by atoms with van der Waals surface area (Å²) in [5, 5.41) is 0. The van der Waals surface area contributed by atoms with Gasteiger partial charge in [0, 0.05) is 10.2 Å². The molecule has 0 fully saturated rings. The monoisotopic (exact) mass is 333 g/mol.